The van der Waals surface area contributed by atoms with Gasteiger partial charge >= 0.3 is 0 Å². The van der Waals surface area contributed by atoms with E-state index >= 15 is 0 Å². The van der Waals surface area contributed by atoms with E-state index in [1.165, 1.54) is 37.8 Å². The Morgan fingerprint density at radius 3 is 2.62 bits per heavy atom. The van der Waals surface area contributed by atoms with Gasteiger partial charge in [0.1, 0.15) is 6.54 Å². The van der Waals surface area contributed by atoms with Crippen molar-refractivity contribution >= 4 is 11.9 Å². The van der Waals surface area contributed by atoms with Crippen LogP contribution >= 0.6 is 0 Å². The first-order valence-corrected chi connectivity index (χ1v) is 11.1. The Kier molecular flexibility index (Phi) is 7.92. The molecule has 6 heteroatoms. The zero-order valence-corrected chi connectivity index (χ0v) is 18.2. The smallest absolute Gasteiger partial charge is 0.243 e. The lowest BCUT2D eigenvalue weighted by Crippen LogP contribution is -2.46. The zero-order chi connectivity index (χ0) is 20.6. The summed E-state index contributed by atoms with van der Waals surface area (Å²) in [6.45, 7) is 5.71. The summed E-state index contributed by atoms with van der Waals surface area (Å²) in [7, 11) is 3.53. The van der Waals surface area contributed by atoms with Crippen LogP contribution in [0.15, 0.2) is 35.3 Å². The third kappa shape index (κ3) is 6.74. The van der Waals surface area contributed by atoms with E-state index in [1.54, 1.807) is 19.0 Å². The number of rotatable bonds is 7. The Bertz CT molecular complexity index is 669. The lowest BCUT2D eigenvalue weighted by Gasteiger charge is -2.23. The SMILES string of the molecule is CC(NC(=NCC(=O)N(C)C)NC1CCN(CC2CCCC2)C1)c1ccccc1. The number of hydrogen-bond donors (Lipinski definition) is 2. The molecule has 2 atom stereocenters. The molecule has 1 amide bonds. The number of aliphatic imine (C=N–C) groups is 1. The van der Waals surface area contributed by atoms with Gasteiger partial charge in [-0.3, -0.25) is 4.79 Å². The second-order valence-corrected chi connectivity index (χ2v) is 8.77. The van der Waals surface area contributed by atoms with E-state index in [2.05, 4.69) is 39.6 Å². The third-order valence-electron chi connectivity index (χ3n) is 6.13. The molecule has 6 nitrogen and oxygen atoms in total. The van der Waals surface area contributed by atoms with E-state index in [1.807, 2.05) is 18.2 Å². The summed E-state index contributed by atoms with van der Waals surface area (Å²) < 4.78 is 0. The predicted octanol–water partition coefficient (Wildman–Crippen LogP) is 2.64. The topological polar surface area (TPSA) is 60.0 Å². The molecule has 1 saturated carbocycles. The summed E-state index contributed by atoms with van der Waals surface area (Å²) in [5.74, 6) is 1.62. The van der Waals surface area contributed by atoms with E-state index in [-0.39, 0.29) is 18.5 Å². The van der Waals surface area contributed by atoms with Gasteiger partial charge in [-0.2, -0.15) is 0 Å². The number of guanidine groups is 1. The number of amides is 1. The van der Waals surface area contributed by atoms with E-state index in [9.17, 15) is 4.79 Å². The minimum atomic E-state index is 0.00717. The van der Waals surface area contributed by atoms with Gasteiger partial charge < -0.3 is 20.4 Å². The Labute approximate surface area is 175 Å². The highest BCUT2D eigenvalue weighted by molar-refractivity contribution is 5.85. The highest BCUT2D eigenvalue weighted by Crippen LogP contribution is 2.26. The Balaban J connectivity index is 1.58. The largest absolute Gasteiger partial charge is 0.352 e. The maximum atomic E-state index is 12.0. The van der Waals surface area contributed by atoms with Crippen molar-refractivity contribution < 1.29 is 4.79 Å². The first-order valence-electron chi connectivity index (χ1n) is 11.1. The van der Waals surface area contributed by atoms with E-state index < -0.39 is 0 Å². The van der Waals surface area contributed by atoms with Gasteiger partial charge in [-0.25, -0.2) is 4.99 Å². The number of likely N-dealkylation sites (tertiary alicyclic amines) is 1. The lowest BCUT2D eigenvalue weighted by molar-refractivity contribution is -0.127. The number of benzene rings is 1. The summed E-state index contributed by atoms with van der Waals surface area (Å²) in [5, 5.41) is 7.08. The van der Waals surface area contributed by atoms with Gasteiger partial charge in [0, 0.05) is 39.8 Å². The lowest BCUT2D eigenvalue weighted by atomic mass is 10.1. The Morgan fingerprint density at radius 1 is 1.21 bits per heavy atom. The molecular weight excluding hydrogens is 362 g/mol. The minimum Gasteiger partial charge on any atom is -0.352 e. The van der Waals surface area contributed by atoms with Crippen molar-refractivity contribution in [2.45, 2.75) is 51.1 Å². The van der Waals surface area contributed by atoms with Gasteiger partial charge in [0.05, 0.1) is 6.04 Å². The van der Waals surface area contributed by atoms with Crippen molar-refractivity contribution in [3.8, 4) is 0 Å². The highest BCUT2D eigenvalue weighted by atomic mass is 16.2. The number of hydrogen-bond acceptors (Lipinski definition) is 3. The number of nitrogens with zero attached hydrogens (tertiary/aromatic N) is 3. The Hall–Kier alpha value is -2.08. The molecule has 1 aromatic carbocycles. The molecule has 2 fully saturated rings. The molecule has 1 heterocycles. The van der Waals surface area contributed by atoms with Crippen LogP contribution in [0.3, 0.4) is 0 Å². The minimum absolute atomic E-state index is 0.00717. The van der Waals surface area contributed by atoms with Gasteiger partial charge in [-0.05, 0) is 37.7 Å². The summed E-state index contributed by atoms with van der Waals surface area (Å²) in [4.78, 5) is 20.8. The quantitative estimate of drug-likeness (QED) is 0.547. The number of likely N-dealkylation sites (N-methyl/N-ethyl adjacent to an activating group) is 1. The Morgan fingerprint density at radius 2 is 1.93 bits per heavy atom. The third-order valence-corrected chi connectivity index (χ3v) is 6.13. The molecule has 0 bridgehead atoms. The van der Waals surface area contributed by atoms with E-state index in [0.29, 0.717) is 6.04 Å². The second-order valence-electron chi connectivity index (χ2n) is 8.77. The van der Waals surface area contributed by atoms with Gasteiger partial charge in [0.25, 0.3) is 0 Å². The van der Waals surface area contributed by atoms with Crippen molar-refractivity contribution in [3.05, 3.63) is 35.9 Å². The summed E-state index contributed by atoms with van der Waals surface area (Å²) in [5.41, 5.74) is 1.20. The molecule has 0 spiro atoms. The van der Waals surface area contributed by atoms with Crippen LogP contribution in [-0.2, 0) is 4.79 Å². The number of carbonyl (C=O) groups excluding carboxylic acids is 1. The molecule has 1 aromatic rings. The number of nitrogens with one attached hydrogen (secondary N) is 2. The molecule has 29 heavy (non-hydrogen) atoms. The van der Waals surface area contributed by atoms with Gasteiger partial charge in [-0.1, -0.05) is 43.2 Å². The van der Waals surface area contributed by atoms with E-state index in [4.69, 9.17) is 0 Å². The summed E-state index contributed by atoms with van der Waals surface area (Å²) in [6, 6.07) is 10.8. The summed E-state index contributed by atoms with van der Waals surface area (Å²) >= 11 is 0. The summed E-state index contributed by atoms with van der Waals surface area (Å²) in [6.07, 6.45) is 6.71. The fourth-order valence-corrected chi connectivity index (χ4v) is 4.32. The van der Waals surface area contributed by atoms with Crippen molar-refractivity contribution in [2.24, 2.45) is 10.9 Å². The molecule has 2 N–H and O–H groups in total. The monoisotopic (exact) mass is 399 g/mol. The fraction of sp³-hybridized carbons (Fsp3) is 0.652. The maximum absolute atomic E-state index is 12.0. The van der Waals surface area contributed by atoms with Crippen LogP contribution in [0.5, 0.6) is 0 Å². The van der Waals surface area contributed by atoms with Crippen LogP contribution in [0.2, 0.25) is 0 Å². The van der Waals surface area contributed by atoms with Crippen LogP contribution in [0.4, 0.5) is 0 Å². The number of carbonyl (C=O) groups is 1. The van der Waals surface area contributed by atoms with Crippen LogP contribution in [0.25, 0.3) is 0 Å². The maximum Gasteiger partial charge on any atom is 0.243 e. The van der Waals surface area contributed by atoms with Crippen molar-refractivity contribution in [1.82, 2.24) is 20.4 Å². The van der Waals surface area contributed by atoms with Crippen LogP contribution in [0, 0.1) is 5.92 Å². The molecule has 0 radical (unpaired) electrons. The first kappa shape index (κ1) is 21.6. The standard InChI is InChI=1S/C23H37N5O/c1-18(20-11-5-4-6-12-20)25-23(24-15-22(29)27(2)3)26-21-13-14-28(17-21)16-19-9-7-8-10-19/h4-6,11-12,18-19,21H,7-10,13-17H2,1-3H3,(H2,24,25,26). The van der Waals surface area contributed by atoms with Crippen molar-refractivity contribution in [1.29, 1.82) is 0 Å². The molecule has 160 valence electrons. The molecule has 1 aliphatic carbocycles. The molecule has 1 aliphatic heterocycles. The molecular formula is C23H37N5O. The van der Waals surface area contributed by atoms with Crippen LogP contribution in [-0.4, -0.2) is 68.0 Å². The normalized spacial score (nSPS) is 21.9. The molecule has 2 unspecified atom stereocenters. The molecule has 1 saturated heterocycles. The fourth-order valence-electron chi connectivity index (χ4n) is 4.32. The molecule has 3 rings (SSSR count). The average molecular weight is 400 g/mol. The van der Waals surface area contributed by atoms with Crippen molar-refractivity contribution in [2.75, 3.05) is 40.3 Å². The van der Waals surface area contributed by atoms with Gasteiger partial charge in [0.15, 0.2) is 5.96 Å². The van der Waals surface area contributed by atoms with Crippen molar-refractivity contribution in [3.63, 3.8) is 0 Å². The molecule has 2 aliphatic rings. The molecule has 0 aromatic heterocycles. The zero-order valence-electron chi connectivity index (χ0n) is 18.2. The van der Waals surface area contributed by atoms with E-state index in [0.717, 1.165) is 31.4 Å². The predicted molar refractivity (Wildman–Crippen MR) is 119 cm³/mol. The average Bonchev–Trinajstić information content (AvgIpc) is 3.39. The van der Waals surface area contributed by atoms with Crippen LogP contribution in [0.1, 0.15) is 50.6 Å². The van der Waals surface area contributed by atoms with Gasteiger partial charge in [0.2, 0.25) is 5.91 Å². The van der Waals surface area contributed by atoms with Crippen LogP contribution < -0.4 is 10.6 Å². The first-order chi connectivity index (χ1) is 14.0. The second kappa shape index (κ2) is 10.6. The van der Waals surface area contributed by atoms with Gasteiger partial charge in [-0.15, -0.1) is 0 Å². The highest BCUT2D eigenvalue weighted by Gasteiger charge is 2.27.